The van der Waals surface area contributed by atoms with E-state index in [1.165, 1.54) is 6.92 Å². The zero-order valence-corrected chi connectivity index (χ0v) is 12.9. The van der Waals surface area contributed by atoms with Gasteiger partial charge in [0, 0.05) is 19.9 Å². The van der Waals surface area contributed by atoms with Crippen LogP contribution in [0.5, 0.6) is 0 Å². The van der Waals surface area contributed by atoms with E-state index in [9.17, 15) is 9.59 Å². The van der Waals surface area contributed by atoms with Crippen molar-refractivity contribution in [2.45, 2.75) is 39.2 Å². The van der Waals surface area contributed by atoms with Crippen LogP contribution < -0.4 is 10.6 Å². The first kappa shape index (κ1) is 16.0. The molecule has 1 heterocycles. The highest BCUT2D eigenvalue weighted by Gasteiger charge is 2.18. The average Bonchev–Trinajstić information content (AvgIpc) is 2.89. The maximum Gasteiger partial charge on any atom is 0.242 e. The summed E-state index contributed by atoms with van der Waals surface area (Å²) in [4.78, 5) is 27.5. The summed E-state index contributed by atoms with van der Waals surface area (Å²) in [5.74, 6) is 0.216. The summed E-state index contributed by atoms with van der Waals surface area (Å²) < 4.78 is 5.59. The molecule has 1 atom stereocenters. The normalized spacial score (nSPS) is 12.1. The van der Waals surface area contributed by atoms with Crippen molar-refractivity contribution in [2.75, 3.05) is 6.54 Å². The number of para-hydroxylation sites is 2. The molecular formula is C16H21N3O3. The van der Waals surface area contributed by atoms with Crippen molar-refractivity contribution >= 4 is 22.9 Å². The van der Waals surface area contributed by atoms with Gasteiger partial charge in [-0.05, 0) is 18.6 Å². The highest BCUT2D eigenvalue weighted by molar-refractivity contribution is 5.86. The number of carbonyl (C=O) groups excluding carboxylic acids is 2. The largest absolute Gasteiger partial charge is 0.441 e. The summed E-state index contributed by atoms with van der Waals surface area (Å²) >= 11 is 0. The Bertz CT molecular complexity index is 618. The SMILES string of the molecule is CCC[C@@H](NC(C)=O)C(=O)NCCc1nc2ccccc2o1. The van der Waals surface area contributed by atoms with Crippen LogP contribution in [0.15, 0.2) is 28.7 Å². The van der Waals surface area contributed by atoms with Gasteiger partial charge < -0.3 is 15.1 Å². The lowest BCUT2D eigenvalue weighted by Crippen LogP contribution is -2.46. The molecule has 0 unspecified atom stereocenters. The third-order valence-electron chi connectivity index (χ3n) is 3.25. The molecule has 22 heavy (non-hydrogen) atoms. The summed E-state index contributed by atoms with van der Waals surface area (Å²) in [7, 11) is 0. The Morgan fingerprint density at radius 3 is 2.77 bits per heavy atom. The number of oxazole rings is 1. The van der Waals surface area contributed by atoms with Gasteiger partial charge in [0.05, 0.1) is 0 Å². The van der Waals surface area contributed by atoms with E-state index in [1.807, 2.05) is 31.2 Å². The average molecular weight is 303 g/mol. The summed E-state index contributed by atoms with van der Waals surface area (Å²) in [6.45, 7) is 3.81. The van der Waals surface area contributed by atoms with Gasteiger partial charge in [-0.25, -0.2) is 4.98 Å². The Balaban J connectivity index is 1.86. The quantitative estimate of drug-likeness (QED) is 0.816. The van der Waals surface area contributed by atoms with Gasteiger partial charge in [0.2, 0.25) is 11.8 Å². The van der Waals surface area contributed by atoms with E-state index in [2.05, 4.69) is 15.6 Å². The summed E-state index contributed by atoms with van der Waals surface area (Å²) in [5, 5.41) is 5.47. The fourth-order valence-corrected chi connectivity index (χ4v) is 2.25. The number of fused-ring (bicyclic) bond motifs is 1. The van der Waals surface area contributed by atoms with Crippen LogP contribution in [0.2, 0.25) is 0 Å². The molecule has 0 spiro atoms. The molecule has 2 N–H and O–H groups in total. The number of rotatable bonds is 7. The predicted octanol–water partition coefficient (Wildman–Crippen LogP) is 1.79. The maximum absolute atomic E-state index is 12.1. The topological polar surface area (TPSA) is 84.2 Å². The lowest BCUT2D eigenvalue weighted by molar-refractivity contribution is -0.128. The van der Waals surface area contributed by atoms with Crippen LogP contribution in [-0.2, 0) is 16.0 Å². The summed E-state index contributed by atoms with van der Waals surface area (Å²) in [5.41, 5.74) is 1.55. The van der Waals surface area contributed by atoms with Gasteiger partial charge in [-0.15, -0.1) is 0 Å². The van der Waals surface area contributed by atoms with Crippen LogP contribution >= 0.6 is 0 Å². The van der Waals surface area contributed by atoms with Gasteiger partial charge >= 0.3 is 0 Å². The fraction of sp³-hybridized carbons (Fsp3) is 0.438. The standard InChI is InChI=1S/C16H21N3O3/c1-3-6-13(18-11(2)20)16(21)17-10-9-15-19-12-7-4-5-8-14(12)22-15/h4-5,7-8,13H,3,6,9-10H2,1-2H3,(H,17,21)(H,18,20)/t13-/m1/s1. The molecule has 0 radical (unpaired) electrons. The van der Waals surface area contributed by atoms with E-state index in [0.717, 1.165) is 17.5 Å². The Morgan fingerprint density at radius 1 is 1.32 bits per heavy atom. The number of nitrogens with zero attached hydrogens (tertiary/aromatic N) is 1. The van der Waals surface area contributed by atoms with E-state index < -0.39 is 6.04 Å². The molecule has 1 aromatic heterocycles. The van der Waals surface area contributed by atoms with Crippen molar-refractivity contribution in [1.82, 2.24) is 15.6 Å². The molecule has 0 fully saturated rings. The highest BCUT2D eigenvalue weighted by atomic mass is 16.3. The molecule has 118 valence electrons. The molecular weight excluding hydrogens is 282 g/mol. The third-order valence-corrected chi connectivity index (χ3v) is 3.25. The van der Waals surface area contributed by atoms with Gasteiger partial charge in [-0.1, -0.05) is 25.5 Å². The Hall–Kier alpha value is -2.37. The zero-order chi connectivity index (χ0) is 15.9. The smallest absolute Gasteiger partial charge is 0.242 e. The van der Waals surface area contributed by atoms with Crippen LogP contribution in [0, 0.1) is 0 Å². The molecule has 0 bridgehead atoms. The molecule has 2 aromatic rings. The number of hydrogen-bond acceptors (Lipinski definition) is 4. The molecule has 6 heteroatoms. The van der Waals surface area contributed by atoms with Gasteiger partial charge in [0.25, 0.3) is 0 Å². The molecule has 0 saturated heterocycles. The molecule has 0 aliphatic rings. The fourth-order valence-electron chi connectivity index (χ4n) is 2.25. The molecule has 1 aromatic carbocycles. The maximum atomic E-state index is 12.1. The van der Waals surface area contributed by atoms with E-state index in [-0.39, 0.29) is 11.8 Å². The van der Waals surface area contributed by atoms with Crippen molar-refractivity contribution in [3.8, 4) is 0 Å². The Kier molecular flexibility index (Phi) is 5.52. The van der Waals surface area contributed by atoms with Crippen LogP contribution in [0.3, 0.4) is 0 Å². The number of carbonyl (C=O) groups is 2. The van der Waals surface area contributed by atoms with Crippen LogP contribution in [0.25, 0.3) is 11.1 Å². The minimum atomic E-state index is -0.480. The minimum Gasteiger partial charge on any atom is -0.441 e. The predicted molar refractivity (Wildman–Crippen MR) is 83.2 cm³/mol. The number of benzene rings is 1. The van der Waals surface area contributed by atoms with Gasteiger partial charge in [-0.3, -0.25) is 9.59 Å². The number of amides is 2. The first-order valence-corrected chi connectivity index (χ1v) is 7.49. The second-order valence-electron chi connectivity index (χ2n) is 5.16. The summed E-state index contributed by atoms with van der Waals surface area (Å²) in [6, 6.07) is 7.06. The Labute approximate surface area is 129 Å². The molecule has 2 rings (SSSR count). The van der Waals surface area contributed by atoms with Crippen LogP contribution in [0.1, 0.15) is 32.6 Å². The monoisotopic (exact) mass is 303 g/mol. The van der Waals surface area contributed by atoms with Crippen molar-refractivity contribution in [3.05, 3.63) is 30.2 Å². The van der Waals surface area contributed by atoms with Crippen molar-refractivity contribution in [2.24, 2.45) is 0 Å². The minimum absolute atomic E-state index is 0.173. The first-order valence-electron chi connectivity index (χ1n) is 7.49. The van der Waals surface area contributed by atoms with Crippen LogP contribution in [0.4, 0.5) is 0 Å². The summed E-state index contributed by atoms with van der Waals surface area (Å²) in [6.07, 6.45) is 1.96. The molecule has 2 amide bonds. The zero-order valence-electron chi connectivity index (χ0n) is 12.9. The van der Waals surface area contributed by atoms with E-state index in [0.29, 0.717) is 25.3 Å². The van der Waals surface area contributed by atoms with Gasteiger partial charge in [0.15, 0.2) is 11.5 Å². The van der Waals surface area contributed by atoms with Crippen LogP contribution in [-0.4, -0.2) is 29.4 Å². The highest BCUT2D eigenvalue weighted by Crippen LogP contribution is 2.14. The molecule has 0 aliphatic heterocycles. The molecule has 6 nitrogen and oxygen atoms in total. The van der Waals surface area contributed by atoms with Gasteiger partial charge in [0.1, 0.15) is 11.6 Å². The lowest BCUT2D eigenvalue weighted by Gasteiger charge is -2.16. The first-order chi connectivity index (χ1) is 10.6. The van der Waals surface area contributed by atoms with Gasteiger partial charge in [-0.2, -0.15) is 0 Å². The van der Waals surface area contributed by atoms with Crippen molar-refractivity contribution in [3.63, 3.8) is 0 Å². The lowest BCUT2D eigenvalue weighted by atomic mass is 10.1. The van der Waals surface area contributed by atoms with E-state index in [1.54, 1.807) is 0 Å². The van der Waals surface area contributed by atoms with E-state index >= 15 is 0 Å². The second-order valence-corrected chi connectivity index (χ2v) is 5.16. The van der Waals surface area contributed by atoms with Crippen molar-refractivity contribution < 1.29 is 14.0 Å². The molecule has 0 aliphatic carbocycles. The number of aromatic nitrogens is 1. The number of hydrogen-bond donors (Lipinski definition) is 2. The van der Waals surface area contributed by atoms with E-state index in [4.69, 9.17) is 4.42 Å². The number of nitrogens with one attached hydrogen (secondary N) is 2. The Morgan fingerprint density at radius 2 is 2.09 bits per heavy atom. The second kappa shape index (κ2) is 7.59. The third kappa shape index (κ3) is 4.31. The molecule has 0 saturated carbocycles. The van der Waals surface area contributed by atoms with Crippen molar-refractivity contribution in [1.29, 1.82) is 0 Å².